The summed E-state index contributed by atoms with van der Waals surface area (Å²) < 4.78 is 0. The molecule has 1 fully saturated rings. The van der Waals surface area contributed by atoms with Gasteiger partial charge in [-0.3, -0.25) is 14.5 Å². The topological polar surface area (TPSA) is 43.9 Å². The highest BCUT2D eigenvalue weighted by atomic mass is 16.2. The first-order valence-electron chi connectivity index (χ1n) is 13.5. The zero-order valence-electron chi connectivity index (χ0n) is 22.4. The monoisotopic (exact) mass is 497 g/mol. The van der Waals surface area contributed by atoms with Crippen molar-refractivity contribution in [3.63, 3.8) is 0 Å². The van der Waals surface area contributed by atoms with Gasteiger partial charge in [-0.1, -0.05) is 67.9 Å². The molecule has 3 aromatic rings. The van der Waals surface area contributed by atoms with Crippen LogP contribution in [0.1, 0.15) is 56.0 Å². The summed E-state index contributed by atoms with van der Waals surface area (Å²) in [6.45, 7) is 10.4. The lowest BCUT2D eigenvalue weighted by molar-refractivity contribution is -0.118. The summed E-state index contributed by atoms with van der Waals surface area (Å²) in [5.41, 5.74) is 4.82. The van der Waals surface area contributed by atoms with Gasteiger partial charge in [0.25, 0.3) is 5.91 Å². The number of anilines is 1. The van der Waals surface area contributed by atoms with Crippen molar-refractivity contribution in [3.05, 3.63) is 90.0 Å². The lowest BCUT2D eigenvalue weighted by atomic mass is 10.0. The number of benzene rings is 3. The van der Waals surface area contributed by atoms with Crippen LogP contribution >= 0.6 is 0 Å². The van der Waals surface area contributed by atoms with E-state index >= 15 is 0 Å². The average Bonchev–Trinajstić information content (AvgIpc) is 2.95. The Hall–Kier alpha value is -3.44. The third-order valence-electron chi connectivity index (χ3n) is 7.18. The highest BCUT2D eigenvalue weighted by Gasteiger charge is 2.23. The van der Waals surface area contributed by atoms with Crippen LogP contribution in [0.4, 0.5) is 5.69 Å². The van der Waals surface area contributed by atoms with Crippen LogP contribution in [-0.4, -0.2) is 53.8 Å². The van der Waals surface area contributed by atoms with Gasteiger partial charge >= 0.3 is 0 Å². The number of carbonyl (C=O) groups is 2. The normalized spacial score (nSPS) is 14.1. The first-order valence-corrected chi connectivity index (χ1v) is 13.5. The number of rotatable bonds is 9. The molecule has 5 nitrogen and oxygen atoms in total. The van der Waals surface area contributed by atoms with Gasteiger partial charge in [-0.2, -0.15) is 0 Å². The highest BCUT2D eigenvalue weighted by molar-refractivity contribution is 5.95. The number of carbonyl (C=O) groups excluding carboxylic acids is 2. The molecule has 0 spiro atoms. The molecule has 1 saturated heterocycles. The predicted molar refractivity (Wildman–Crippen MR) is 152 cm³/mol. The molecule has 0 aliphatic carbocycles. The molecule has 1 aliphatic heterocycles. The average molecular weight is 498 g/mol. The van der Waals surface area contributed by atoms with Gasteiger partial charge in [0.1, 0.15) is 0 Å². The van der Waals surface area contributed by atoms with E-state index in [0.29, 0.717) is 19.0 Å². The number of unbranched alkanes of at least 4 members (excludes halogenated alkanes) is 1. The molecule has 1 heterocycles. The van der Waals surface area contributed by atoms with E-state index in [2.05, 4.69) is 49.9 Å². The number of piperazine rings is 1. The molecule has 1 aliphatic rings. The summed E-state index contributed by atoms with van der Waals surface area (Å²) in [4.78, 5) is 32.4. The standard InChI is InChI=1S/C32H39N3O2/c1-4-5-14-31(36)35(30-12-7-6-8-13-30)24-26-15-17-27(18-16-26)28-10-9-11-29(23-28)32(37)34-21-19-33(20-22-34)25(2)3/h6-13,15-18,23,25H,4-5,14,19-22,24H2,1-3H3. The van der Waals surface area contributed by atoms with E-state index in [1.165, 1.54) is 0 Å². The van der Waals surface area contributed by atoms with Crippen molar-refractivity contribution in [3.8, 4) is 11.1 Å². The van der Waals surface area contributed by atoms with Crippen molar-refractivity contribution in [2.45, 2.75) is 52.6 Å². The Morgan fingerprint density at radius 3 is 2.19 bits per heavy atom. The first-order chi connectivity index (χ1) is 18.0. The molecule has 0 radical (unpaired) electrons. The van der Waals surface area contributed by atoms with Crippen LogP contribution in [0.5, 0.6) is 0 Å². The molecular weight excluding hydrogens is 458 g/mol. The van der Waals surface area contributed by atoms with Gasteiger partial charge in [0.05, 0.1) is 6.54 Å². The maximum atomic E-state index is 13.2. The Morgan fingerprint density at radius 1 is 0.838 bits per heavy atom. The fourth-order valence-electron chi connectivity index (χ4n) is 4.84. The second-order valence-corrected chi connectivity index (χ2v) is 10.1. The molecular formula is C32H39N3O2. The molecule has 0 N–H and O–H groups in total. The number of nitrogens with zero attached hydrogens (tertiary/aromatic N) is 3. The molecule has 0 saturated carbocycles. The van der Waals surface area contributed by atoms with Crippen molar-refractivity contribution in [1.29, 1.82) is 0 Å². The van der Waals surface area contributed by atoms with Crippen LogP contribution in [-0.2, 0) is 11.3 Å². The van der Waals surface area contributed by atoms with Crippen LogP contribution in [0, 0.1) is 0 Å². The fraction of sp³-hybridized carbons (Fsp3) is 0.375. The lowest BCUT2D eigenvalue weighted by Gasteiger charge is -2.37. The highest BCUT2D eigenvalue weighted by Crippen LogP contribution is 2.24. The summed E-state index contributed by atoms with van der Waals surface area (Å²) in [5.74, 6) is 0.253. The van der Waals surface area contributed by atoms with Crippen LogP contribution < -0.4 is 4.90 Å². The number of hydrogen-bond donors (Lipinski definition) is 0. The Balaban J connectivity index is 1.46. The summed E-state index contributed by atoms with van der Waals surface area (Å²) >= 11 is 0. The van der Waals surface area contributed by atoms with E-state index in [4.69, 9.17) is 0 Å². The molecule has 4 rings (SSSR count). The molecule has 0 unspecified atom stereocenters. The van der Waals surface area contributed by atoms with Gasteiger partial charge in [-0.15, -0.1) is 0 Å². The van der Waals surface area contributed by atoms with Crippen LogP contribution in [0.2, 0.25) is 0 Å². The molecule has 37 heavy (non-hydrogen) atoms. The third-order valence-corrected chi connectivity index (χ3v) is 7.18. The molecule has 3 aromatic carbocycles. The molecule has 194 valence electrons. The lowest BCUT2D eigenvalue weighted by Crippen LogP contribution is -2.50. The van der Waals surface area contributed by atoms with Crippen molar-refractivity contribution >= 4 is 17.5 Å². The van der Waals surface area contributed by atoms with Gasteiger partial charge < -0.3 is 9.80 Å². The molecule has 0 aromatic heterocycles. The molecule has 5 heteroatoms. The Labute approximate surface area is 221 Å². The predicted octanol–water partition coefficient (Wildman–Crippen LogP) is 6.24. The molecule has 0 bridgehead atoms. The SMILES string of the molecule is CCCCC(=O)N(Cc1ccc(-c2cccc(C(=O)N3CCN(C(C)C)CC3)c2)cc1)c1ccccc1. The van der Waals surface area contributed by atoms with E-state index in [1.807, 2.05) is 64.4 Å². The first kappa shape index (κ1) is 26.6. The Kier molecular flexibility index (Phi) is 9.13. The fourth-order valence-corrected chi connectivity index (χ4v) is 4.84. The van der Waals surface area contributed by atoms with Crippen molar-refractivity contribution in [2.75, 3.05) is 31.1 Å². The largest absolute Gasteiger partial charge is 0.336 e. The number of para-hydroxylation sites is 1. The molecule has 0 atom stereocenters. The maximum absolute atomic E-state index is 13.2. The van der Waals surface area contributed by atoms with E-state index in [9.17, 15) is 9.59 Å². The van der Waals surface area contributed by atoms with E-state index in [-0.39, 0.29) is 11.8 Å². The van der Waals surface area contributed by atoms with E-state index in [0.717, 1.165) is 67.0 Å². The number of amides is 2. The van der Waals surface area contributed by atoms with Crippen molar-refractivity contribution < 1.29 is 9.59 Å². The summed E-state index contributed by atoms with van der Waals surface area (Å²) in [5, 5.41) is 0. The van der Waals surface area contributed by atoms with Crippen molar-refractivity contribution in [1.82, 2.24) is 9.80 Å². The third kappa shape index (κ3) is 6.86. The van der Waals surface area contributed by atoms with Crippen LogP contribution in [0.15, 0.2) is 78.9 Å². The zero-order valence-corrected chi connectivity index (χ0v) is 22.4. The van der Waals surface area contributed by atoms with Crippen LogP contribution in [0.3, 0.4) is 0 Å². The minimum absolute atomic E-state index is 0.103. The quantitative estimate of drug-likeness (QED) is 0.351. The van der Waals surface area contributed by atoms with Crippen LogP contribution in [0.25, 0.3) is 11.1 Å². The molecule has 2 amide bonds. The Bertz CT molecular complexity index is 1170. The minimum atomic E-state index is 0.103. The Morgan fingerprint density at radius 2 is 1.54 bits per heavy atom. The van der Waals surface area contributed by atoms with E-state index < -0.39 is 0 Å². The summed E-state index contributed by atoms with van der Waals surface area (Å²) in [6.07, 6.45) is 2.44. The van der Waals surface area contributed by atoms with Crippen molar-refractivity contribution in [2.24, 2.45) is 0 Å². The number of hydrogen-bond acceptors (Lipinski definition) is 3. The second-order valence-electron chi connectivity index (χ2n) is 10.1. The zero-order chi connectivity index (χ0) is 26.2. The minimum Gasteiger partial charge on any atom is -0.336 e. The second kappa shape index (κ2) is 12.7. The van der Waals surface area contributed by atoms with Gasteiger partial charge in [0, 0.05) is 49.9 Å². The maximum Gasteiger partial charge on any atom is 0.253 e. The van der Waals surface area contributed by atoms with Gasteiger partial charge in [0.15, 0.2) is 0 Å². The van der Waals surface area contributed by atoms with Gasteiger partial charge in [-0.25, -0.2) is 0 Å². The van der Waals surface area contributed by atoms with Gasteiger partial charge in [0.2, 0.25) is 5.91 Å². The van der Waals surface area contributed by atoms with E-state index in [1.54, 1.807) is 0 Å². The van der Waals surface area contributed by atoms with Gasteiger partial charge in [-0.05, 0) is 61.2 Å². The summed E-state index contributed by atoms with van der Waals surface area (Å²) in [6, 6.07) is 26.6. The summed E-state index contributed by atoms with van der Waals surface area (Å²) in [7, 11) is 0. The smallest absolute Gasteiger partial charge is 0.253 e.